The molecule has 128 valence electrons. The van der Waals surface area contributed by atoms with Gasteiger partial charge in [-0.05, 0) is 33.6 Å². The molecule has 0 radical (unpaired) electrons. The first-order valence-electron chi connectivity index (χ1n) is 6.76. The minimum atomic E-state index is -1.24. The number of carbonyl (C=O) groups excluding carboxylic acids is 2. The summed E-state index contributed by atoms with van der Waals surface area (Å²) in [4.78, 5) is 35.9. The molecule has 0 rings (SSSR count). The van der Waals surface area contributed by atoms with Crippen molar-refractivity contribution in [2.24, 2.45) is 5.41 Å². The maximum Gasteiger partial charge on any atom is 0.345 e. The van der Waals surface area contributed by atoms with E-state index < -0.39 is 17.5 Å². The van der Waals surface area contributed by atoms with Crippen molar-refractivity contribution in [2.45, 2.75) is 26.4 Å². The molecule has 0 aromatic heterocycles. The molecule has 1 atom stereocenters. The number of allylic oxidation sites excluding steroid dienone is 1. The average Bonchev–Trinajstić information content (AvgIpc) is 2.34. The van der Waals surface area contributed by atoms with E-state index in [4.69, 9.17) is 5.11 Å². The maximum absolute atomic E-state index is 11.3. The first-order valence-corrected chi connectivity index (χ1v) is 6.76. The predicted octanol–water partition coefficient (Wildman–Crippen LogP) is 0.851. The van der Waals surface area contributed by atoms with Gasteiger partial charge in [-0.2, -0.15) is 0 Å². The zero-order valence-corrected chi connectivity index (χ0v) is 14.5. The first-order chi connectivity index (χ1) is 9.95. The van der Waals surface area contributed by atoms with Gasteiger partial charge in [0.1, 0.15) is 0 Å². The van der Waals surface area contributed by atoms with Crippen molar-refractivity contribution >= 4 is 18.3 Å². The van der Waals surface area contributed by atoms with E-state index in [2.05, 4.69) is 4.74 Å². The number of aliphatic carboxylic acids is 1. The highest BCUT2D eigenvalue weighted by Crippen LogP contribution is 2.28. The SMILES string of the molecule is CN(C)C.CN(C)C(=O)/C=C/CC(C)(C)C(OC=O)C(=O)O. The third-order valence-corrected chi connectivity index (χ3v) is 2.47. The lowest BCUT2D eigenvalue weighted by Crippen LogP contribution is -2.38. The molecule has 7 heteroatoms. The minimum absolute atomic E-state index is 0.120. The molecule has 0 fully saturated rings. The number of amides is 1. The van der Waals surface area contributed by atoms with Crippen LogP contribution < -0.4 is 0 Å². The fourth-order valence-electron chi connectivity index (χ4n) is 1.35. The van der Waals surface area contributed by atoms with E-state index in [-0.39, 0.29) is 12.4 Å². The van der Waals surface area contributed by atoms with Gasteiger partial charge < -0.3 is 19.6 Å². The molecule has 22 heavy (non-hydrogen) atoms. The summed E-state index contributed by atoms with van der Waals surface area (Å²) in [6, 6.07) is 0. The lowest BCUT2D eigenvalue weighted by Gasteiger charge is -2.28. The van der Waals surface area contributed by atoms with Crippen LogP contribution in [0.5, 0.6) is 0 Å². The van der Waals surface area contributed by atoms with E-state index in [1.165, 1.54) is 11.0 Å². The Hall–Kier alpha value is -1.89. The van der Waals surface area contributed by atoms with E-state index in [1.807, 2.05) is 26.0 Å². The fourth-order valence-corrected chi connectivity index (χ4v) is 1.35. The second-order valence-corrected chi connectivity index (χ2v) is 6.12. The Kier molecular flexibility index (Phi) is 11.0. The molecular weight excluding hydrogens is 288 g/mol. The largest absolute Gasteiger partial charge is 0.478 e. The quantitative estimate of drug-likeness (QED) is 0.553. The Morgan fingerprint density at radius 2 is 1.64 bits per heavy atom. The van der Waals surface area contributed by atoms with Crippen molar-refractivity contribution in [3.05, 3.63) is 12.2 Å². The van der Waals surface area contributed by atoms with Crippen LogP contribution >= 0.6 is 0 Å². The topological polar surface area (TPSA) is 87.2 Å². The molecule has 0 spiro atoms. The van der Waals surface area contributed by atoms with Crippen LogP contribution in [0, 0.1) is 5.41 Å². The molecule has 0 aromatic carbocycles. The molecule has 0 heterocycles. The number of carboxylic acids is 1. The van der Waals surface area contributed by atoms with Crippen LogP contribution in [0.1, 0.15) is 20.3 Å². The lowest BCUT2D eigenvalue weighted by molar-refractivity contribution is -0.164. The van der Waals surface area contributed by atoms with Gasteiger partial charge in [-0.3, -0.25) is 9.59 Å². The molecule has 0 aliphatic heterocycles. The van der Waals surface area contributed by atoms with Crippen LogP contribution in [0.3, 0.4) is 0 Å². The molecular formula is C15H28N2O5. The smallest absolute Gasteiger partial charge is 0.345 e. The zero-order chi connectivity index (χ0) is 17.9. The number of rotatable bonds is 7. The van der Waals surface area contributed by atoms with Crippen molar-refractivity contribution < 1.29 is 24.2 Å². The third-order valence-electron chi connectivity index (χ3n) is 2.47. The molecule has 0 saturated carbocycles. The summed E-state index contributed by atoms with van der Waals surface area (Å²) in [6.07, 6.45) is 2.00. The lowest BCUT2D eigenvalue weighted by atomic mass is 9.83. The van der Waals surface area contributed by atoms with Crippen LogP contribution in [-0.4, -0.2) is 74.6 Å². The van der Waals surface area contributed by atoms with Crippen LogP contribution in [0.25, 0.3) is 0 Å². The van der Waals surface area contributed by atoms with Gasteiger partial charge in [-0.15, -0.1) is 0 Å². The predicted molar refractivity (Wildman–Crippen MR) is 84.4 cm³/mol. The van der Waals surface area contributed by atoms with Crippen molar-refractivity contribution in [1.29, 1.82) is 0 Å². The standard InChI is InChI=1S/C12H19NO5.C3H9N/c1-12(2,10(11(16)17)18-8-14)7-5-6-9(15)13(3)4;1-4(2)3/h5-6,8,10H,7H2,1-4H3,(H,16,17);1-3H3/b6-5+;. The highest BCUT2D eigenvalue weighted by atomic mass is 16.5. The summed E-state index contributed by atoms with van der Waals surface area (Å²) in [6.45, 7) is 3.43. The van der Waals surface area contributed by atoms with Crippen LogP contribution in [0.2, 0.25) is 0 Å². The van der Waals surface area contributed by atoms with E-state index >= 15 is 0 Å². The first kappa shape index (κ1) is 22.4. The Balaban J connectivity index is 0. The number of ether oxygens (including phenoxy) is 1. The number of carbonyl (C=O) groups is 3. The Morgan fingerprint density at radius 1 is 1.18 bits per heavy atom. The molecule has 0 aliphatic rings. The molecule has 1 unspecified atom stereocenters. The molecule has 0 bridgehead atoms. The van der Waals surface area contributed by atoms with Gasteiger partial charge in [-0.25, -0.2) is 4.79 Å². The second kappa shape index (κ2) is 10.8. The molecule has 1 amide bonds. The van der Waals surface area contributed by atoms with Gasteiger partial charge in [0.25, 0.3) is 6.47 Å². The number of nitrogens with zero attached hydrogens (tertiary/aromatic N) is 2. The summed E-state index contributed by atoms with van der Waals surface area (Å²) >= 11 is 0. The molecule has 7 nitrogen and oxygen atoms in total. The number of likely N-dealkylation sites (N-methyl/N-ethyl adjacent to an activating group) is 1. The maximum atomic E-state index is 11.3. The summed E-state index contributed by atoms with van der Waals surface area (Å²) in [5.41, 5.74) is -0.796. The molecule has 1 N–H and O–H groups in total. The van der Waals surface area contributed by atoms with Crippen molar-refractivity contribution in [2.75, 3.05) is 35.2 Å². The van der Waals surface area contributed by atoms with Gasteiger partial charge in [-0.1, -0.05) is 19.9 Å². The van der Waals surface area contributed by atoms with Crippen LogP contribution in [0.4, 0.5) is 0 Å². The van der Waals surface area contributed by atoms with Crippen molar-refractivity contribution in [1.82, 2.24) is 9.80 Å². The summed E-state index contributed by atoms with van der Waals surface area (Å²) in [5, 5.41) is 8.95. The summed E-state index contributed by atoms with van der Waals surface area (Å²) < 4.78 is 4.56. The van der Waals surface area contributed by atoms with Crippen LogP contribution in [-0.2, 0) is 19.1 Å². The summed E-state index contributed by atoms with van der Waals surface area (Å²) in [5.74, 6) is -1.39. The van der Waals surface area contributed by atoms with E-state index in [1.54, 1.807) is 34.0 Å². The number of hydrogen-bond donors (Lipinski definition) is 1. The van der Waals surface area contributed by atoms with Gasteiger partial charge >= 0.3 is 5.97 Å². The monoisotopic (exact) mass is 316 g/mol. The Labute approximate surface area is 132 Å². The van der Waals surface area contributed by atoms with Gasteiger partial charge in [0.05, 0.1) is 0 Å². The van der Waals surface area contributed by atoms with Gasteiger partial charge in [0, 0.05) is 19.5 Å². The van der Waals surface area contributed by atoms with E-state index in [9.17, 15) is 14.4 Å². The van der Waals surface area contributed by atoms with Crippen LogP contribution in [0.15, 0.2) is 12.2 Å². The normalized spacial score (nSPS) is 12.4. The molecule has 0 saturated heterocycles. The van der Waals surface area contributed by atoms with Crippen molar-refractivity contribution in [3.63, 3.8) is 0 Å². The molecule has 0 aromatic rings. The average molecular weight is 316 g/mol. The highest BCUT2D eigenvalue weighted by Gasteiger charge is 2.36. The summed E-state index contributed by atoms with van der Waals surface area (Å²) in [7, 11) is 9.24. The van der Waals surface area contributed by atoms with Gasteiger partial charge in [0.2, 0.25) is 12.0 Å². The number of carboxylic acid groups (broad SMARTS) is 1. The second-order valence-electron chi connectivity index (χ2n) is 6.12. The molecule has 0 aliphatic carbocycles. The Morgan fingerprint density at radius 3 is 1.95 bits per heavy atom. The fraction of sp³-hybridized carbons (Fsp3) is 0.667. The Bertz CT molecular complexity index is 387. The third kappa shape index (κ3) is 10.8. The van der Waals surface area contributed by atoms with Gasteiger partial charge in [0.15, 0.2) is 0 Å². The van der Waals surface area contributed by atoms with E-state index in [0.717, 1.165) is 0 Å². The highest BCUT2D eigenvalue weighted by molar-refractivity contribution is 5.87. The van der Waals surface area contributed by atoms with E-state index in [0.29, 0.717) is 6.42 Å². The van der Waals surface area contributed by atoms with Crippen molar-refractivity contribution in [3.8, 4) is 0 Å². The number of hydrogen-bond acceptors (Lipinski definition) is 5. The minimum Gasteiger partial charge on any atom is -0.478 e. The zero-order valence-electron chi connectivity index (χ0n) is 14.5.